The number of H-pyrrole nitrogens is 1. The van der Waals surface area contributed by atoms with Crippen molar-refractivity contribution in [3.8, 4) is 11.5 Å². The number of nitrogens with one attached hydrogen (secondary N) is 2. The Hall–Kier alpha value is -3.55. The van der Waals surface area contributed by atoms with E-state index in [0.29, 0.717) is 28.5 Å². The van der Waals surface area contributed by atoms with E-state index in [2.05, 4.69) is 15.5 Å². The highest BCUT2D eigenvalue weighted by molar-refractivity contribution is 5.95. The zero-order valence-electron chi connectivity index (χ0n) is 15.4. The van der Waals surface area contributed by atoms with Gasteiger partial charge in [0.05, 0.1) is 12.2 Å². The predicted octanol–water partition coefficient (Wildman–Crippen LogP) is 2.42. The first-order chi connectivity index (χ1) is 13.5. The van der Waals surface area contributed by atoms with Crippen molar-refractivity contribution in [3.05, 3.63) is 75.1 Å². The summed E-state index contributed by atoms with van der Waals surface area (Å²) < 4.78 is 16.9. The third-order valence-corrected chi connectivity index (χ3v) is 4.41. The van der Waals surface area contributed by atoms with Crippen molar-refractivity contribution in [3.63, 3.8) is 0 Å². The van der Waals surface area contributed by atoms with Gasteiger partial charge < -0.3 is 19.2 Å². The fraction of sp³-hybridized carbons (Fsp3) is 0.250. The van der Waals surface area contributed by atoms with Crippen molar-refractivity contribution < 1.29 is 18.7 Å². The van der Waals surface area contributed by atoms with Crippen LogP contribution in [0.2, 0.25) is 0 Å². The van der Waals surface area contributed by atoms with Crippen LogP contribution in [0.25, 0.3) is 0 Å². The Morgan fingerprint density at radius 3 is 2.75 bits per heavy atom. The van der Waals surface area contributed by atoms with E-state index in [1.165, 1.54) is 0 Å². The van der Waals surface area contributed by atoms with Gasteiger partial charge in [0.2, 0.25) is 0 Å². The van der Waals surface area contributed by atoms with Crippen LogP contribution >= 0.6 is 0 Å². The van der Waals surface area contributed by atoms with E-state index in [4.69, 9.17) is 13.9 Å². The standard InChI is InChI=1S/C20H19N3O5/c1-11-7-16(17-10-26-14-5-3-4-6-15(14)27-17)28-20(25)18(11)19(24)21-9-13-8-12(2)22-23-13/h3-8,17H,9-10H2,1-2H3,(H,21,24)(H,22,23). The van der Waals surface area contributed by atoms with Crippen molar-refractivity contribution >= 4 is 5.91 Å². The van der Waals surface area contributed by atoms with Crippen LogP contribution in [0.1, 0.15) is 39.2 Å². The molecule has 1 aliphatic rings. The third kappa shape index (κ3) is 3.48. The summed E-state index contributed by atoms with van der Waals surface area (Å²) >= 11 is 0. The van der Waals surface area contributed by atoms with Crippen LogP contribution in [-0.4, -0.2) is 22.7 Å². The number of nitrogens with zero attached hydrogens (tertiary/aromatic N) is 1. The van der Waals surface area contributed by atoms with Crippen molar-refractivity contribution in [2.75, 3.05) is 6.61 Å². The van der Waals surface area contributed by atoms with Crippen molar-refractivity contribution in [1.29, 1.82) is 0 Å². The lowest BCUT2D eigenvalue weighted by Gasteiger charge is -2.25. The Morgan fingerprint density at radius 1 is 1.25 bits per heavy atom. The first-order valence-corrected chi connectivity index (χ1v) is 8.83. The lowest BCUT2D eigenvalue weighted by atomic mass is 10.1. The Kier molecular flexibility index (Phi) is 4.60. The SMILES string of the molecule is Cc1cc(CNC(=O)c2c(C)cc(C3COc4ccccc4O3)oc2=O)n[nH]1. The quantitative estimate of drug-likeness (QED) is 0.719. The van der Waals surface area contributed by atoms with Gasteiger partial charge in [0, 0.05) is 5.69 Å². The molecule has 0 bridgehead atoms. The average Bonchev–Trinajstić information content (AvgIpc) is 3.10. The second-order valence-corrected chi connectivity index (χ2v) is 6.58. The number of carbonyl (C=O) groups is 1. The summed E-state index contributed by atoms with van der Waals surface area (Å²) in [4.78, 5) is 24.9. The molecular weight excluding hydrogens is 362 g/mol. The molecule has 8 nitrogen and oxygen atoms in total. The fourth-order valence-electron chi connectivity index (χ4n) is 3.05. The van der Waals surface area contributed by atoms with Gasteiger partial charge >= 0.3 is 5.63 Å². The van der Waals surface area contributed by atoms with Crippen molar-refractivity contribution in [2.45, 2.75) is 26.5 Å². The maximum absolute atomic E-state index is 12.5. The Morgan fingerprint density at radius 2 is 2.04 bits per heavy atom. The van der Waals surface area contributed by atoms with Gasteiger partial charge in [-0.1, -0.05) is 12.1 Å². The highest BCUT2D eigenvalue weighted by atomic mass is 16.6. The van der Waals surface area contributed by atoms with Gasteiger partial charge in [0.1, 0.15) is 12.2 Å². The normalized spacial score (nSPS) is 15.3. The molecule has 0 saturated carbocycles. The molecule has 0 fully saturated rings. The highest BCUT2D eigenvalue weighted by Gasteiger charge is 2.27. The van der Waals surface area contributed by atoms with Gasteiger partial charge in [-0.05, 0) is 43.7 Å². The maximum Gasteiger partial charge on any atom is 0.349 e. The van der Waals surface area contributed by atoms with E-state index < -0.39 is 17.6 Å². The highest BCUT2D eigenvalue weighted by Crippen LogP contribution is 2.35. The number of hydrogen-bond donors (Lipinski definition) is 2. The largest absolute Gasteiger partial charge is 0.485 e. The molecule has 4 rings (SSSR count). The lowest BCUT2D eigenvalue weighted by molar-refractivity contribution is 0.0721. The second-order valence-electron chi connectivity index (χ2n) is 6.58. The number of benzene rings is 1. The van der Waals surface area contributed by atoms with Crippen LogP contribution in [0.3, 0.4) is 0 Å². The minimum absolute atomic E-state index is 0.0341. The van der Waals surface area contributed by atoms with E-state index >= 15 is 0 Å². The molecule has 144 valence electrons. The molecule has 2 N–H and O–H groups in total. The summed E-state index contributed by atoms with van der Waals surface area (Å²) in [6.45, 7) is 3.97. The van der Waals surface area contributed by atoms with Gasteiger partial charge in [-0.3, -0.25) is 9.89 Å². The van der Waals surface area contributed by atoms with E-state index in [1.807, 2.05) is 25.1 Å². The number of hydrogen-bond acceptors (Lipinski definition) is 6. The van der Waals surface area contributed by atoms with Crippen LogP contribution < -0.4 is 20.4 Å². The summed E-state index contributed by atoms with van der Waals surface area (Å²) in [6, 6.07) is 10.7. The number of rotatable bonds is 4. The number of aromatic amines is 1. The molecule has 1 unspecified atom stereocenters. The number of aromatic nitrogens is 2. The molecule has 0 spiro atoms. The summed E-state index contributed by atoms with van der Waals surface area (Å²) in [5.74, 6) is 1.03. The molecule has 8 heteroatoms. The van der Waals surface area contributed by atoms with E-state index in [-0.39, 0.29) is 18.7 Å². The average molecular weight is 381 g/mol. The monoisotopic (exact) mass is 381 g/mol. The lowest BCUT2D eigenvalue weighted by Crippen LogP contribution is -2.30. The third-order valence-electron chi connectivity index (χ3n) is 4.41. The summed E-state index contributed by atoms with van der Waals surface area (Å²) in [7, 11) is 0. The Labute approximate surface area is 160 Å². The predicted molar refractivity (Wildman–Crippen MR) is 99.5 cm³/mol. The van der Waals surface area contributed by atoms with Gasteiger partial charge in [0.25, 0.3) is 5.91 Å². The van der Waals surface area contributed by atoms with Crippen LogP contribution in [0.4, 0.5) is 0 Å². The van der Waals surface area contributed by atoms with E-state index in [0.717, 1.165) is 5.69 Å². The number of amides is 1. The second kappa shape index (κ2) is 7.22. The van der Waals surface area contributed by atoms with Crippen molar-refractivity contribution in [1.82, 2.24) is 15.5 Å². The molecule has 2 aromatic heterocycles. The van der Waals surface area contributed by atoms with E-state index in [1.54, 1.807) is 25.1 Å². The van der Waals surface area contributed by atoms with Crippen LogP contribution in [-0.2, 0) is 6.54 Å². The molecule has 0 aliphatic carbocycles. The number of aryl methyl sites for hydroxylation is 2. The first-order valence-electron chi connectivity index (χ1n) is 8.83. The smallest absolute Gasteiger partial charge is 0.349 e. The molecular formula is C20H19N3O5. The van der Waals surface area contributed by atoms with E-state index in [9.17, 15) is 9.59 Å². The summed E-state index contributed by atoms with van der Waals surface area (Å²) in [6.07, 6.45) is -0.564. The van der Waals surface area contributed by atoms with Gasteiger partial charge in [-0.15, -0.1) is 0 Å². The zero-order valence-corrected chi connectivity index (χ0v) is 15.4. The van der Waals surface area contributed by atoms with Gasteiger partial charge in [0.15, 0.2) is 23.4 Å². The molecule has 0 radical (unpaired) electrons. The Bertz CT molecular complexity index is 1090. The number of fused-ring (bicyclic) bond motifs is 1. The maximum atomic E-state index is 12.5. The molecule has 1 aromatic carbocycles. The van der Waals surface area contributed by atoms with Gasteiger partial charge in [-0.25, -0.2) is 4.79 Å². The van der Waals surface area contributed by atoms with Crippen LogP contribution in [0.15, 0.2) is 45.6 Å². The number of para-hydroxylation sites is 2. The number of ether oxygens (including phenoxy) is 2. The minimum atomic E-state index is -0.715. The Balaban J connectivity index is 1.52. The molecule has 1 aliphatic heterocycles. The molecule has 1 amide bonds. The molecule has 0 saturated heterocycles. The molecule has 28 heavy (non-hydrogen) atoms. The van der Waals surface area contributed by atoms with Crippen molar-refractivity contribution in [2.24, 2.45) is 0 Å². The fourth-order valence-corrected chi connectivity index (χ4v) is 3.05. The minimum Gasteiger partial charge on any atom is -0.485 e. The summed E-state index contributed by atoms with van der Waals surface area (Å²) in [5, 5.41) is 9.53. The first kappa shape index (κ1) is 17.8. The van der Waals surface area contributed by atoms with Crippen LogP contribution in [0.5, 0.6) is 11.5 Å². The molecule has 3 aromatic rings. The van der Waals surface area contributed by atoms with Gasteiger partial charge in [-0.2, -0.15) is 5.10 Å². The summed E-state index contributed by atoms with van der Waals surface area (Å²) in [5.41, 5.74) is 1.32. The molecule has 1 atom stereocenters. The topological polar surface area (TPSA) is 106 Å². The zero-order chi connectivity index (χ0) is 19.7. The number of carbonyl (C=O) groups excluding carboxylic acids is 1. The molecule has 3 heterocycles. The van der Waals surface area contributed by atoms with Crippen LogP contribution in [0, 0.1) is 13.8 Å².